The van der Waals surface area contributed by atoms with Gasteiger partial charge in [0.2, 0.25) is 0 Å². The van der Waals surface area contributed by atoms with Crippen molar-refractivity contribution in [2.75, 3.05) is 11.4 Å². The largest absolute Gasteiger partial charge is 0.477 e. The second-order valence-corrected chi connectivity index (χ2v) is 6.46. The number of rotatable bonds is 3. The van der Waals surface area contributed by atoms with E-state index in [1.807, 2.05) is 13.0 Å². The molecule has 0 spiro atoms. The van der Waals surface area contributed by atoms with E-state index in [1.165, 1.54) is 16.9 Å². The van der Waals surface area contributed by atoms with Crippen molar-refractivity contribution in [2.45, 2.75) is 26.7 Å². The lowest BCUT2D eigenvalue weighted by atomic mass is 9.94. The fraction of sp³-hybridized carbons (Fsp3) is 0.375. The van der Waals surface area contributed by atoms with E-state index >= 15 is 0 Å². The summed E-state index contributed by atoms with van der Waals surface area (Å²) in [5.41, 5.74) is 3.14. The van der Waals surface area contributed by atoms with Crippen LogP contribution >= 0.6 is 11.3 Å². The summed E-state index contributed by atoms with van der Waals surface area (Å²) in [6.07, 6.45) is 1.70. The van der Waals surface area contributed by atoms with Crippen LogP contribution in [0.15, 0.2) is 24.3 Å². The average molecular weight is 302 g/mol. The summed E-state index contributed by atoms with van der Waals surface area (Å²) in [5, 5.41) is 10.1. The Labute approximate surface area is 128 Å². The molecular weight excluding hydrogens is 284 g/mol. The van der Waals surface area contributed by atoms with E-state index in [1.54, 1.807) is 0 Å². The number of aromatic carboxylic acids is 1. The van der Waals surface area contributed by atoms with Crippen molar-refractivity contribution >= 4 is 28.1 Å². The van der Waals surface area contributed by atoms with Gasteiger partial charge in [-0.05, 0) is 30.4 Å². The summed E-state index contributed by atoms with van der Waals surface area (Å²) in [6.45, 7) is 5.04. The highest BCUT2D eigenvalue weighted by Crippen LogP contribution is 2.38. The number of aryl methyl sites for hydroxylation is 1. The number of thiazole rings is 1. The maximum Gasteiger partial charge on any atom is 0.347 e. The smallest absolute Gasteiger partial charge is 0.347 e. The minimum absolute atomic E-state index is 0.364. The second-order valence-electron chi connectivity index (χ2n) is 5.48. The predicted molar refractivity (Wildman–Crippen MR) is 84.8 cm³/mol. The first-order valence-electron chi connectivity index (χ1n) is 7.18. The number of fused-ring (bicyclic) bond motifs is 1. The summed E-state index contributed by atoms with van der Waals surface area (Å²) in [4.78, 5) is 18.4. The molecule has 0 saturated heterocycles. The molecule has 0 radical (unpaired) electrons. The molecule has 1 N–H and O–H groups in total. The number of carboxylic acids is 1. The average Bonchev–Trinajstić information content (AvgIpc) is 2.90. The van der Waals surface area contributed by atoms with Gasteiger partial charge in [-0.1, -0.05) is 43.4 Å². The zero-order valence-electron chi connectivity index (χ0n) is 12.2. The van der Waals surface area contributed by atoms with Crippen molar-refractivity contribution < 1.29 is 9.90 Å². The second kappa shape index (κ2) is 5.48. The molecule has 1 unspecified atom stereocenters. The van der Waals surface area contributed by atoms with Crippen molar-refractivity contribution in [3.63, 3.8) is 0 Å². The van der Waals surface area contributed by atoms with E-state index in [0.717, 1.165) is 23.8 Å². The van der Waals surface area contributed by atoms with Crippen molar-refractivity contribution in [2.24, 2.45) is 5.92 Å². The molecule has 1 aliphatic rings. The standard InChI is InChI=1S/C16H18N2O2S/c1-3-12-14(15(19)20)21-16(17-12)18-9-10(2)8-11-6-4-5-7-13(11)18/h4-7,10H,3,8-9H2,1-2H3,(H,19,20). The number of carboxylic acid groups (broad SMARTS) is 1. The molecule has 0 fully saturated rings. The van der Waals surface area contributed by atoms with E-state index in [2.05, 4.69) is 35.0 Å². The van der Waals surface area contributed by atoms with Crippen LogP contribution in [0.5, 0.6) is 0 Å². The monoisotopic (exact) mass is 302 g/mol. The van der Waals surface area contributed by atoms with Crippen LogP contribution in [0.4, 0.5) is 10.8 Å². The normalized spacial score (nSPS) is 17.6. The van der Waals surface area contributed by atoms with Gasteiger partial charge in [-0.15, -0.1) is 0 Å². The van der Waals surface area contributed by atoms with Crippen molar-refractivity contribution in [3.8, 4) is 0 Å². The Balaban J connectivity index is 2.06. The Morgan fingerprint density at radius 2 is 2.24 bits per heavy atom. The van der Waals surface area contributed by atoms with Gasteiger partial charge in [0, 0.05) is 12.2 Å². The van der Waals surface area contributed by atoms with E-state index in [9.17, 15) is 9.90 Å². The van der Waals surface area contributed by atoms with Gasteiger partial charge >= 0.3 is 5.97 Å². The quantitative estimate of drug-likeness (QED) is 0.938. The summed E-state index contributed by atoms with van der Waals surface area (Å²) in [7, 11) is 0. The molecule has 0 bridgehead atoms. The number of anilines is 2. The van der Waals surface area contributed by atoms with Gasteiger partial charge in [-0.25, -0.2) is 9.78 Å². The van der Waals surface area contributed by atoms with Gasteiger partial charge < -0.3 is 10.0 Å². The van der Waals surface area contributed by atoms with E-state index < -0.39 is 5.97 Å². The highest BCUT2D eigenvalue weighted by Gasteiger charge is 2.26. The van der Waals surface area contributed by atoms with Gasteiger partial charge in [0.25, 0.3) is 0 Å². The van der Waals surface area contributed by atoms with Crippen LogP contribution < -0.4 is 4.90 Å². The third-order valence-corrected chi connectivity index (χ3v) is 4.90. The maximum atomic E-state index is 11.3. The molecule has 1 atom stereocenters. The SMILES string of the molecule is CCc1nc(N2CC(C)Cc3ccccc32)sc1C(=O)O. The topological polar surface area (TPSA) is 53.4 Å². The Morgan fingerprint density at radius 3 is 2.90 bits per heavy atom. The molecule has 2 aromatic rings. The minimum atomic E-state index is -0.881. The minimum Gasteiger partial charge on any atom is -0.477 e. The molecule has 4 nitrogen and oxygen atoms in total. The Morgan fingerprint density at radius 1 is 1.48 bits per heavy atom. The molecule has 3 rings (SSSR count). The summed E-state index contributed by atoms with van der Waals surface area (Å²) in [5.74, 6) is -0.351. The zero-order valence-corrected chi connectivity index (χ0v) is 13.0. The third-order valence-electron chi connectivity index (χ3n) is 3.79. The van der Waals surface area contributed by atoms with Crippen LogP contribution in [0.25, 0.3) is 0 Å². The number of benzene rings is 1. The molecule has 21 heavy (non-hydrogen) atoms. The maximum absolute atomic E-state index is 11.3. The Kier molecular flexibility index (Phi) is 3.68. The molecule has 0 saturated carbocycles. The zero-order chi connectivity index (χ0) is 15.0. The van der Waals surface area contributed by atoms with E-state index in [4.69, 9.17) is 0 Å². The molecule has 2 heterocycles. The summed E-state index contributed by atoms with van der Waals surface area (Å²) < 4.78 is 0. The highest BCUT2D eigenvalue weighted by atomic mass is 32.1. The molecule has 110 valence electrons. The van der Waals surface area contributed by atoms with Crippen LogP contribution in [0.3, 0.4) is 0 Å². The molecular formula is C16H18N2O2S. The first-order valence-corrected chi connectivity index (χ1v) is 8.00. The van der Waals surface area contributed by atoms with Crippen LogP contribution in [0, 0.1) is 5.92 Å². The molecule has 1 aromatic carbocycles. The number of para-hydroxylation sites is 1. The first kappa shape index (κ1) is 14.1. The van der Waals surface area contributed by atoms with Crippen LogP contribution in [-0.4, -0.2) is 22.6 Å². The van der Waals surface area contributed by atoms with Gasteiger partial charge in [0.05, 0.1) is 5.69 Å². The predicted octanol–water partition coefficient (Wildman–Crippen LogP) is 3.73. The highest BCUT2D eigenvalue weighted by molar-refractivity contribution is 7.17. The summed E-state index contributed by atoms with van der Waals surface area (Å²) >= 11 is 1.28. The number of hydrogen-bond acceptors (Lipinski definition) is 4. The molecule has 0 aliphatic carbocycles. The lowest BCUT2D eigenvalue weighted by molar-refractivity contribution is 0.0701. The van der Waals surface area contributed by atoms with Crippen LogP contribution in [0.1, 0.15) is 34.8 Å². The fourth-order valence-corrected chi connectivity index (χ4v) is 3.86. The lowest BCUT2D eigenvalue weighted by Gasteiger charge is -2.32. The first-order chi connectivity index (χ1) is 10.1. The fourth-order valence-electron chi connectivity index (χ4n) is 2.84. The molecule has 1 aromatic heterocycles. The molecule has 1 aliphatic heterocycles. The lowest BCUT2D eigenvalue weighted by Crippen LogP contribution is -2.30. The molecule has 0 amide bonds. The number of hydrogen-bond donors (Lipinski definition) is 1. The van der Waals surface area contributed by atoms with E-state index in [-0.39, 0.29) is 0 Å². The van der Waals surface area contributed by atoms with Gasteiger partial charge in [0.1, 0.15) is 4.88 Å². The van der Waals surface area contributed by atoms with Gasteiger partial charge in [-0.3, -0.25) is 0 Å². The van der Waals surface area contributed by atoms with Crippen molar-refractivity contribution in [3.05, 3.63) is 40.4 Å². The van der Waals surface area contributed by atoms with Crippen LogP contribution in [0.2, 0.25) is 0 Å². The third kappa shape index (κ3) is 2.53. The Hall–Kier alpha value is -1.88. The van der Waals surface area contributed by atoms with E-state index in [0.29, 0.717) is 22.9 Å². The van der Waals surface area contributed by atoms with Crippen molar-refractivity contribution in [1.29, 1.82) is 0 Å². The number of nitrogens with zero attached hydrogens (tertiary/aromatic N) is 2. The van der Waals surface area contributed by atoms with Gasteiger partial charge in [0.15, 0.2) is 5.13 Å². The molecule has 5 heteroatoms. The van der Waals surface area contributed by atoms with Crippen molar-refractivity contribution in [1.82, 2.24) is 4.98 Å². The number of aromatic nitrogens is 1. The van der Waals surface area contributed by atoms with Gasteiger partial charge in [-0.2, -0.15) is 0 Å². The van der Waals surface area contributed by atoms with Crippen LogP contribution in [-0.2, 0) is 12.8 Å². The Bertz CT molecular complexity index is 681. The summed E-state index contributed by atoms with van der Waals surface area (Å²) in [6, 6.07) is 8.31. The number of carbonyl (C=O) groups is 1.